The van der Waals surface area contributed by atoms with Gasteiger partial charge in [-0.2, -0.15) is 0 Å². The molecule has 4 fully saturated rings. The highest BCUT2D eigenvalue weighted by atomic mass is 16.7. The Morgan fingerprint density at radius 1 is 0.971 bits per heavy atom. The number of likely N-dealkylation sites (N-methyl/N-ethyl adjacent to an activating group) is 1. The molecule has 0 unspecified atom stereocenters. The number of hydrogen-bond donors (Lipinski definition) is 2. The van der Waals surface area contributed by atoms with E-state index in [0.29, 0.717) is 12.0 Å². The van der Waals surface area contributed by atoms with E-state index in [1.807, 2.05) is 71.8 Å². The van der Waals surface area contributed by atoms with E-state index in [1.165, 1.54) is 18.9 Å². The fourth-order valence-electron chi connectivity index (χ4n) is 11.8. The fourth-order valence-corrected chi connectivity index (χ4v) is 11.8. The van der Waals surface area contributed by atoms with Gasteiger partial charge in [-0.05, 0) is 92.6 Å². The maximum Gasteiger partial charge on any atom is 0.410 e. The van der Waals surface area contributed by atoms with E-state index in [9.17, 15) is 19.5 Å². The summed E-state index contributed by atoms with van der Waals surface area (Å²) in [6, 6.07) is 5.80. The van der Waals surface area contributed by atoms with Crippen LogP contribution >= 0.6 is 0 Å². The van der Waals surface area contributed by atoms with Gasteiger partial charge in [0.15, 0.2) is 24.3 Å². The molecule has 18 heteroatoms. The number of nitrogens with zero attached hydrogens (tertiary/aromatic N) is 2. The lowest BCUT2D eigenvalue weighted by Gasteiger charge is -2.50. The summed E-state index contributed by atoms with van der Waals surface area (Å²) in [5, 5.41) is 14.9. The minimum atomic E-state index is -1.53. The lowest BCUT2D eigenvalue weighted by Crippen LogP contribution is -2.62. The summed E-state index contributed by atoms with van der Waals surface area (Å²) in [5.41, 5.74) is -2.88. The van der Waals surface area contributed by atoms with Crippen molar-refractivity contribution in [2.75, 3.05) is 40.9 Å². The van der Waals surface area contributed by atoms with Crippen molar-refractivity contribution in [1.82, 2.24) is 15.1 Å². The van der Waals surface area contributed by atoms with Gasteiger partial charge in [-0.1, -0.05) is 52.0 Å². The molecule has 1 aromatic rings. The van der Waals surface area contributed by atoms with Crippen LogP contribution in [-0.4, -0.2) is 170 Å². The van der Waals surface area contributed by atoms with Gasteiger partial charge >= 0.3 is 18.0 Å². The molecule has 4 bridgehead atoms. The van der Waals surface area contributed by atoms with Gasteiger partial charge in [-0.3, -0.25) is 24.1 Å². The fraction of sp³-hybridized carbons (Fsp3) is 0.750. The van der Waals surface area contributed by atoms with Crippen LogP contribution < -0.4 is 5.32 Å². The molecule has 1 aromatic carbocycles. The molecule has 2 N–H and O–H groups in total. The van der Waals surface area contributed by atoms with E-state index in [4.69, 9.17) is 42.6 Å². The molecule has 18 atom stereocenters. The number of benzene rings is 1. The number of hydrogen-bond acceptors (Lipinski definition) is 16. The Kier molecular flexibility index (Phi) is 17.7. The van der Waals surface area contributed by atoms with E-state index in [2.05, 4.69) is 5.32 Å². The van der Waals surface area contributed by atoms with E-state index in [1.54, 1.807) is 52.8 Å². The molecule has 392 valence electrons. The monoisotopic (exact) mass is 986 g/mol. The summed E-state index contributed by atoms with van der Waals surface area (Å²) in [5.74, 6) is -5.26. The van der Waals surface area contributed by atoms with E-state index in [0.717, 1.165) is 5.56 Å². The molecule has 4 saturated heterocycles. The minimum absolute atomic E-state index is 0.00399. The van der Waals surface area contributed by atoms with Crippen LogP contribution in [0, 0.1) is 23.7 Å². The Bertz CT molecular complexity index is 2070. The van der Waals surface area contributed by atoms with Gasteiger partial charge in [0.25, 0.3) is 5.91 Å². The molecule has 0 spiro atoms. The predicted molar refractivity (Wildman–Crippen MR) is 256 cm³/mol. The van der Waals surface area contributed by atoms with Crippen LogP contribution in [0.5, 0.6) is 0 Å². The average molecular weight is 986 g/mol. The highest BCUT2D eigenvalue weighted by molar-refractivity contribution is 5.94. The summed E-state index contributed by atoms with van der Waals surface area (Å²) < 4.78 is 58.6. The first-order chi connectivity index (χ1) is 32.9. The lowest BCUT2D eigenvalue weighted by atomic mass is 9.73. The molecule has 5 heterocycles. The second kappa shape index (κ2) is 22.4. The molecule has 5 aliphatic rings. The second-order valence-corrected chi connectivity index (χ2v) is 21.1. The number of aliphatic hydroxyl groups excluding tert-OH is 1. The number of aliphatic hydroxyl groups is 1. The highest BCUT2D eigenvalue weighted by Crippen LogP contribution is 2.45. The van der Waals surface area contributed by atoms with Crippen LogP contribution in [0.1, 0.15) is 118 Å². The van der Waals surface area contributed by atoms with Crippen molar-refractivity contribution in [1.29, 1.82) is 0 Å². The topological polar surface area (TPSA) is 207 Å². The van der Waals surface area contributed by atoms with Crippen molar-refractivity contribution in [3.05, 3.63) is 41.5 Å². The van der Waals surface area contributed by atoms with E-state index in [-0.39, 0.29) is 62.8 Å². The summed E-state index contributed by atoms with van der Waals surface area (Å²) >= 11 is 0. The molecule has 0 aromatic heterocycles. The minimum Gasteiger partial charge on any atom is -0.458 e. The van der Waals surface area contributed by atoms with E-state index < -0.39 is 114 Å². The molecule has 18 nitrogen and oxygen atoms in total. The number of methoxy groups -OCH3 is 1. The van der Waals surface area contributed by atoms with Crippen LogP contribution in [0.4, 0.5) is 4.79 Å². The lowest BCUT2D eigenvalue weighted by molar-refractivity contribution is -0.320. The second-order valence-electron chi connectivity index (χ2n) is 21.1. The summed E-state index contributed by atoms with van der Waals surface area (Å²) in [7, 11) is 5.28. The van der Waals surface area contributed by atoms with Crippen LogP contribution in [0.3, 0.4) is 0 Å². The molecule has 0 radical (unpaired) electrons. The van der Waals surface area contributed by atoms with Gasteiger partial charge in [0.05, 0.1) is 48.6 Å². The number of esters is 2. The number of cyclic esters (lactones) is 1. The number of amides is 2. The van der Waals surface area contributed by atoms with Crippen molar-refractivity contribution in [2.24, 2.45) is 23.7 Å². The average Bonchev–Trinajstić information content (AvgIpc) is 3.56. The first-order valence-electron chi connectivity index (χ1n) is 25.0. The van der Waals surface area contributed by atoms with Crippen molar-refractivity contribution >= 4 is 35.8 Å². The van der Waals surface area contributed by atoms with Crippen LogP contribution in [0.15, 0.2) is 30.3 Å². The third kappa shape index (κ3) is 11.6. The smallest absolute Gasteiger partial charge is 0.410 e. The number of Topliss-reactive ketones (excluding diaryl/α,β-unsaturated/α-hetero) is 1. The molecule has 0 aliphatic carbocycles. The summed E-state index contributed by atoms with van der Waals surface area (Å²) in [6.07, 6.45) is -4.58. The summed E-state index contributed by atoms with van der Waals surface area (Å²) in [6.45, 7) is 19.3. The third-order valence-corrected chi connectivity index (χ3v) is 15.5. The highest BCUT2D eigenvalue weighted by Gasteiger charge is 2.61. The normalized spacial score (nSPS) is 41.8. The van der Waals surface area contributed by atoms with Crippen molar-refractivity contribution < 1.29 is 71.7 Å². The third-order valence-electron chi connectivity index (χ3n) is 15.5. The van der Waals surface area contributed by atoms with Gasteiger partial charge in [-0.25, -0.2) is 4.79 Å². The standard InChI is InChI=1S/C52H79N3O15/c1-15-38-52(11)43-30(4)40(57)28(2)26-51(10,63-23-17-19-35-18-16-20-36(25-35)46(59)53-21-22-55(43)49(61)70-52)44(69-48-41(58)37(54(12)13)24-29(3)64-48)31(5)42(32(6)47(60)67-38)68-39-27-50(9,62-14)45(33(7)65-39)66-34(8)56/h16-20,25,28-33,37-39,41-45,48,58H,15,21-24,26-27H2,1-14H3,(H,53,59)/b19-17+/t28-,29-,30+,31+,32-,33+,37+,38-,39+,41-,42+,43-,44-,45+,48+,50-,51-,52-/m1/s1. The zero-order valence-corrected chi connectivity index (χ0v) is 43.6. The van der Waals surface area contributed by atoms with Crippen LogP contribution in [-0.2, 0) is 57.0 Å². The van der Waals surface area contributed by atoms with Crippen molar-refractivity contribution in [3.8, 4) is 0 Å². The number of nitrogens with one attached hydrogen (secondary N) is 1. The Labute approximate surface area is 413 Å². The Balaban J connectivity index is 1.56. The first-order valence-corrected chi connectivity index (χ1v) is 25.0. The van der Waals surface area contributed by atoms with Gasteiger partial charge in [0, 0.05) is 62.9 Å². The molecular weight excluding hydrogens is 907 g/mol. The number of carbonyl (C=O) groups is 5. The molecular formula is C52H79N3O15. The zero-order chi connectivity index (χ0) is 51.6. The Hall–Kier alpha value is -4.01. The maximum atomic E-state index is 15.2. The van der Waals surface area contributed by atoms with Gasteiger partial charge in [-0.15, -0.1) is 0 Å². The first kappa shape index (κ1) is 55.3. The number of ketones is 1. The molecule has 2 amide bonds. The van der Waals surface area contributed by atoms with Gasteiger partial charge in [0.2, 0.25) is 0 Å². The molecule has 5 aliphatic heterocycles. The number of ether oxygens (including phenoxy) is 9. The quantitative estimate of drug-likeness (QED) is 0.250. The van der Waals surface area contributed by atoms with Crippen molar-refractivity contribution in [3.63, 3.8) is 0 Å². The predicted octanol–water partition coefficient (Wildman–Crippen LogP) is 5.31. The number of carbonyl (C=O) groups excluding carboxylic acids is 5. The number of rotatable bonds is 8. The molecule has 6 rings (SSSR count). The van der Waals surface area contributed by atoms with Crippen LogP contribution in [0.2, 0.25) is 0 Å². The number of fused-ring (bicyclic) bond motifs is 6. The van der Waals surface area contributed by atoms with Gasteiger partial charge in [0.1, 0.15) is 23.6 Å². The molecule has 0 saturated carbocycles. The van der Waals surface area contributed by atoms with E-state index >= 15 is 9.59 Å². The molecule has 70 heavy (non-hydrogen) atoms. The Morgan fingerprint density at radius 2 is 1.69 bits per heavy atom. The largest absolute Gasteiger partial charge is 0.458 e. The maximum absolute atomic E-state index is 15.2. The Morgan fingerprint density at radius 3 is 2.34 bits per heavy atom. The SMILES string of the molecule is CC[C@H]1OC(=O)[C@H](C)[C@@H](O[C@H]2C[C@@](C)(OC)[C@@H](OC(C)=O)[C@H](C)O2)[C@H](C)[C@@H](O[C@@H]2O[C@H](C)C[C@H](N(C)C)[C@H]2O)[C@@]2(C)C[C@@H](C)C(=O)[C@H](C)[C@H]3N(CCNC(=O)c4cccc(c4)/C=C/CO2)C(=O)O[C@]13C. The van der Waals surface area contributed by atoms with Crippen molar-refractivity contribution in [2.45, 2.75) is 186 Å². The summed E-state index contributed by atoms with van der Waals surface area (Å²) in [4.78, 5) is 73.6. The zero-order valence-electron chi connectivity index (χ0n) is 43.6. The van der Waals surface area contributed by atoms with Gasteiger partial charge < -0.3 is 58.0 Å². The van der Waals surface area contributed by atoms with Crippen LogP contribution in [0.25, 0.3) is 6.08 Å².